The van der Waals surface area contributed by atoms with Crippen LogP contribution >= 0.6 is 0 Å². The van der Waals surface area contributed by atoms with E-state index < -0.39 is 0 Å². The molecule has 0 unspecified atom stereocenters. The molecule has 1 amide bonds. The van der Waals surface area contributed by atoms with E-state index in [0.717, 1.165) is 52.0 Å². The van der Waals surface area contributed by atoms with Gasteiger partial charge in [0.25, 0.3) is 5.91 Å². The molecule has 6 N–H and O–H groups in total. The summed E-state index contributed by atoms with van der Waals surface area (Å²) in [5.41, 5.74) is 12.2. The molecule has 0 spiro atoms. The maximum Gasteiger partial charge on any atom is 0.253 e. The van der Waals surface area contributed by atoms with Crippen molar-refractivity contribution in [3.63, 3.8) is 0 Å². The van der Waals surface area contributed by atoms with E-state index in [9.17, 15) is 4.79 Å². The fourth-order valence-corrected chi connectivity index (χ4v) is 5.00. The van der Waals surface area contributed by atoms with Crippen molar-refractivity contribution in [3.05, 3.63) is 78.4 Å². The number of carbonyl (C=O) groups is 1. The molecule has 6 rings (SSSR count). The number of nitrogens with two attached hydrogens (primary N) is 2. The van der Waals surface area contributed by atoms with Crippen LogP contribution in [0.2, 0.25) is 0 Å². The Labute approximate surface area is 201 Å². The number of benzene rings is 2. The third-order valence-corrected chi connectivity index (χ3v) is 6.85. The number of nitrogens with zero attached hydrogens (tertiary/aromatic N) is 4. The van der Waals surface area contributed by atoms with Crippen molar-refractivity contribution >= 4 is 33.8 Å². The molecule has 3 aromatic heterocycles. The molecule has 2 aromatic carbocycles. The van der Waals surface area contributed by atoms with Crippen LogP contribution < -0.4 is 11.2 Å². The highest BCUT2D eigenvalue weighted by Gasteiger charge is 2.29. The Balaban J connectivity index is 1.29. The molecule has 9 nitrogen and oxygen atoms in total. The average Bonchev–Trinajstić information content (AvgIpc) is 3.51. The number of amides is 1. The molecular formula is C26H26N7O2+. The van der Waals surface area contributed by atoms with Crippen LogP contribution in [-0.2, 0) is 0 Å². The monoisotopic (exact) mass is 468 g/mol. The summed E-state index contributed by atoms with van der Waals surface area (Å²) in [6.45, 7) is 1.29. The minimum atomic E-state index is 0.00752. The van der Waals surface area contributed by atoms with Crippen LogP contribution in [0.15, 0.2) is 67.0 Å². The first-order valence-electron chi connectivity index (χ1n) is 11.7. The van der Waals surface area contributed by atoms with E-state index in [1.54, 1.807) is 30.5 Å². The van der Waals surface area contributed by atoms with Gasteiger partial charge in [-0.05, 0) is 37.1 Å². The van der Waals surface area contributed by atoms with Crippen molar-refractivity contribution in [3.8, 4) is 11.4 Å². The number of likely N-dealkylation sites (tertiary alicyclic amines) is 1. The van der Waals surface area contributed by atoms with E-state index in [1.165, 1.54) is 0 Å². The van der Waals surface area contributed by atoms with E-state index in [1.807, 2.05) is 29.3 Å². The first-order chi connectivity index (χ1) is 17.1. The molecule has 35 heavy (non-hydrogen) atoms. The predicted octanol–water partition coefficient (Wildman–Crippen LogP) is 3.06. The lowest BCUT2D eigenvalue weighted by Gasteiger charge is -2.31. The van der Waals surface area contributed by atoms with Crippen molar-refractivity contribution < 1.29 is 15.5 Å². The van der Waals surface area contributed by atoms with Gasteiger partial charge in [0, 0.05) is 60.0 Å². The maximum atomic E-state index is 13.0. The minimum absolute atomic E-state index is 0.00752. The lowest BCUT2D eigenvalue weighted by atomic mass is 9.95. The number of rotatable bonds is 4. The Hall–Kier alpha value is -4.21. The zero-order valence-corrected chi connectivity index (χ0v) is 19.1. The van der Waals surface area contributed by atoms with Gasteiger partial charge in [-0.2, -0.15) is 5.48 Å². The normalized spacial score (nSPS) is 14.7. The second kappa shape index (κ2) is 8.53. The number of fused-ring (bicyclic) bond motifs is 2. The van der Waals surface area contributed by atoms with Crippen LogP contribution in [0.3, 0.4) is 0 Å². The molecule has 1 aliphatic heterocycles. The number of nitrogens with one attached hydrogen (secondary N) is 1. The van der Waals surface area contributed by atoms with E-state index in [-0.39, 0.29) is 11.8 Å². The fraction of sp³-hybridized carbons (Fsp3) is 0.192. The van der Waals surface area contributed by atoms with E-state index in [2.05, 4.69) is 26.5 Å². The van der Waals surface area contributed by atoms with E-state index >= 15 is 0 Å². The summed E-state index contributed by atoms with van der Waals surface area (Å²) in [6.07, 6.45) is 5.23. The van der Waals surface area contributed by atoms with Crippen molar-refractivity contribution in [1.29, 1.82) is 0 Å². The minimum Gasteiger partial charge on any atom is -0.382 e. The summed E-state index contributed by atoms with van der Waals surface area (Å²) in [7, 11) is 0. The lowest BCUT2D eigenvalue weighted by molar-refractivity contribution is -0.825. The molecule has 1 saturated heterocycles. The summed E-state index contributed by atoms with van der Waals surface area (Å²) >= 11 is 0. The Kier molecular flexibility index (Phi) is 5.20. The summed E-state index contributed by atoms with van der Waals surface area (Å²) in [5, 5.41) is 10.2. The number of hydrogen-bond donors (Lipinski definition) is 4. The summed E-state index contributed by atoms with van der Waals surface area (Å²) in [4.78, 5) is 27.7. The molecule has 4 heterocycles. The Morgan fingerprint density at radius 3 is 2.63 bits per heavy atom. The number of nitrogen functional groups attached to an aromatic ring is 1. The summed E-state index contributed by atoms with van der Waals surface area (Å²) in [5.74, 6) is 1.58. The number of H-pyrrole nitrogens is 1. The van der Waals surface area contributed by atoms with Gasteiger partial charge in [-0.1, -0.05) is 18.2 Å². The van der Waals surface area contributed by atoms with Crippen molar-refractivity contribution in [1.82, 2.24) is 24.3 Å². The Morgan fingerprint density at radius 2 is 1.89 bits per heavy atom. The van der Waals surface area contributed by atoms with Crippen LogP contribution in [0.25, 0.3) is 27.8 Å². The number of para-hydroxylation sites is 1. The molecule has 0 saturated carbocycles. The summed E-state index contributed by atoms with van der Waals surface area (Å²) in [6, 6.07) is 17.2. The smallest absolute Gasteiger partial charge is 0.253 e. The molecule has 9 heteroatoms. The third-order valence-electron chi connectivity index (χ3n) is 6.85. The largest absolute Gasteiger partial charge is 0.382 e. The second-order valence-electron chi connectivity index (χ2n) is 8.94. The van der Waals surface area contributed by atoms with Gasteiger partial charge in [-0.25, -0.2) is 15.2 Å². The van der Waals surface area contributed by atoms with Crippen LogP contribution in [0.4, 0.5) is 11.5 Å². The van der Waals surface area contributed by atoms with E-state index in [4.69, 9.17) is 15.9 Å². The van der Waals surface area contributed by atoms with Crippen molar-refractivity contribution in [2.45, 2.75) is 18.8 Å². The second-order valence-corrected chi connectivity index (χ2v) is 8.94. The topological polar surface area (TPSA) is 129 Å². The zero-order chi connectivity index (χ0) is 23.9. The van der Waals surface area contributed by atoms with Crippen molar-refractivity contribution in [2.24, 2.45) is 0 Å². The van der Waals surface area contributed by atoms with Gasteiger partial charge in [0.15, 0.2) is 5.69 Å². The standard InChI is InChI=1S/C26H25N7O2/c27-24-23-22(21-15-18-3-1-2-4-20(18)29-21)30-25(33(23)14-11-28-24)16-9-12-32(13-10-16)26(34)17-5-7-19(31-35)8-6-17/h1-8,11,14-16,29,31,35H,9-10,12-13H2,(H2,27,28)/p+1. The maximum absolute atomic E-state index is 13.0. The van der Waals surface area contributed by atoms with Crippen LogP contribution in [0.1, 0.15) is 34.9 Å². The number of anilines is 1. The molecule has 1 aliphatic rings. The SMILES string of the molecule is Nc1nccn2c(C3CCN(C(=O)c4ccc([NH2+]O)cc4)CC3)nc(-c3cc4ccccc4[nH]3)c12. The average molecular weight is 469 g/mol. The van der Waals surface area contributed by atoms with Crippen LogP contribution in [0.5, 0.6) is 0 Å². The first-order valence-corrected chi connectivity index (χ1v) is 11.7. The van der Waals surface area contributed by atoms with Crippen LogP contribution in [0, 0.1) is 0 Å². The number of hydrogen-bond acceptors (Lipinski definition) is 5. The third kappa shape index (κ3) is 3.71. The molecule has 1 fully saturated rings. The fourth-order valence-electron chi connectivity index (χ4n) is 5.00. The highest BCUT2D eigenvalue weighted by molar-refractivity contribution is 5.94. The number of aromatic amines is 1. The number of quaternary nitrogens is 1. The van der Waals surface area contributed by atoms with Crippen LogP contribution in [-0.4, -0.2) is 48.5 Å². The van der Waals surface area contributed by atoms with Gasteiger partial charge in [0.05, 0.1) is 5.69 Å². The number of carbonyl (C=O) groups excluding carboxylic acids is 1. The molecule has 0 aliphatic carbocycles. The van der Waals surface area contributed by atoms with E-state index in [0.29, 0.717) is 30.2 Å². The first kappa shape index (κ1) is 21.3. The van der Waals surface area contributed by atoms with Gasteiger partial charge in [0.2, 0.25) is 0 Å². The molecule has 176 valence electrons. The zero-order valence-electron chi connectivity index (χ0n) is 19.1. The van der Waals surface area contributed by atoms with Gasteiger partial charge in [-0.3, -0.25) is 9.20 Å². The highest BCUT2D eigenvalue weighted by atomic mass is 16.5. The summed E-state index contributed by atoms with van der Waals surface area (Å²) < 4.78 is 2.05. The quantitative estimate of drug-likeness (QED) is 0.238. The number of imidazole rings is 1. The van der Waals surface area contributed by atoms with Gasteiger partial charge >= 0.3 is 0 Å². The lowest BCUT2D eigenvalue weighted by Crippen LogP contribution is -2.73. The molecule has 0 bridgehead atoms. The Bertz CT molecular complexity index is 1500. The molecule has 5 aromatic rings. The van der Waals surface area contributed by atoms with Gasteiger partial charge in [-0.15, -0.1) is 0 Å². The molecule has 0 atom stereocenters. The van der Waals surface area contributed by atoms with Gasteiger partial charge in [0.1, 0.15) is 22.9 Å². The number of piperidine rings is 1. The molecule has 0 radical (unpaired) electrons. The predicted molar refractivity (Wildman–Crippen MR) is 132 cm³/mol. The molecular weight excluding hydrogens is 442 g/mol. The Morgan fingerprint density at radius 1 is 1.11 bits per heavy atom. The number of aromatic nitrogens is 4. The highest BCUT2D eigenvalue weighted by Crippen LogP contribution is 2.35. The van der Waals surface area contributed by atoms with Gasteiger partial charge < -0.3 is 15.6 Å². The van der Waals surface area contributed by atoms with Crippen molar-refractivity contribution in [2.75, 3.05) is 18.8 Å².